The molecule has 0 amide bonds. The lowest BCUT2D eigenvalue weighted by Gasteiger charge is -2.29. The molecule has 1 aliphatic heterocycles. The molecular weight excluding hydrogens is 428 g/mol. The van der Waals surface area contributed by atoms with E-state index in [1.807, 2.05) is 12.1 Å². The topological polar surface area (TPSA) is 36.9 Å². The summed E-state index contributed by atoms with van der Waals surface area (Å²) in [7, 11) is 0. The van der Waals surface area contributed by atoms with Gasteiger partial charge < -0.3 is 18.9 Å². The first-order valence-corrected chi connectivity index (χ1v) is 10.8. The second-order valence-electron chi connectivity index (χ2n) is 7.74. The van der Waals surface area contributed by atoms with Gasteiger partial charge in [-0.1, -0.05) is 25.5 Å². The van der Waals surface area contributed by atoms with E-state index >= 15 is 0 Å². The summed E-state index contributed by atoms with van der Waals surface area (Å²) in [6.45, 7) is 3.31. The summed E-state index contributed by atoms with van der Waals surface area (Å²) < 4.78 is 76.4. The van der Waals surface area contributed by atoms with Crippen LogP contribution in [0.5, 0.6) is 17.2 Å². The van der Waals surface area contributed by atoms with Crippen molar-refractivity contribution in [2.24, 2.45) is 0 Å². The summed E-state index contributed by atoms with van der Waals surface area (Å²) in [5.41, 5.74) is 1.06. The molecule has 0 saturated carbocycles. The summed E-state index contributed by atoms with van der Waals surface area (Å²) in [6.07, 6.45) is 0.614. The van der Waals surface area contributed by atoms with Crippen LogP contribution in [0.15, 0.2) is 36.4 Å². The van der Waals surface area contributed by atoms with Crippen molar-refractivity contribution in [1.82, 2.24) is 0 Å². The Kier molecular flexibility index (Phi) is 8.23. The number of ether oxygens (including phenoxy) is 4. The van der Waals surface area contributed by atoms with Crippen LogP contribution in [-0.4, -0.2) is 32.0 Å². The molecule has 1 saturated heterocycles. The van der Waals surface area contributed by atoms with Crippen LogP contribution in [0.3, 0.4) is 0 Å². The molecule has 2 atom stereocenters. The van der Waals surface area contributed by atoms with E-state index in [1.165, 1.54) is 0 Å². The predicted octanol–water partition coefficient (Wildman–Crippen LogP) is 6.48. The van der Waals surface area contributed by atoms with Gasteiger partial charge in [-0.2, -0.15) is 17.6 Å². The van der Waals surface area contributed by atoms with E-state index in [4.69, 9.17) is 14.2 Å². The van der Waals surface area contributed by atoms with Crippen LogP contribution < -0.4 is 14.2 Å². The number of rotatable bonds is 10. The molecule has 1 heterocycles. The second-order valence-corrected chi connectivity index (χ2v) is 7.74. The molecule has 1 aliphatic rings. The maximum atomic E-state index is 14.1. The van der Waals surface area contributed by atoms with Gasteiger partial charge in [-0.15, -0.1) is 0 Å². The van der Waals surface area contributed by atoms with Gasteiger partial charge in [0, 0.05) is 5.92 Å². The Morgan fingerprint density at radius 1 is 0.938 bits per heavy atom. The molecule has 0 aromatic heterocycles. The number of halogens is 4. The van der Waals surface area contributed by atoms with Gasteiger partial charge in [0.2, 0.25) is 11.6 Å². The first-order valence-electron chi connectivity index (χ1n) is 10.8. The monoisotopic (exact) mass is 456 g/mol. The maximum Gasteiger partial charge on any atom is 0.433 e. The van der Waals surface area contributed by atoms with Crippen molar-refractivity contribution in [2.75, 3.05) is 19.8 Å². The molecule has 0 bridgehead atoms. The average molecular weight is 456 g/mol. The maximum absolute atomic E-state index is 14.1. The minimum Gasteiger partial charge on any atom is -0.491 e. The summed E-state index contributed by atoms with van der Waals surface area (Å²) >= 11 is 0. The highest BCUT2D eigenvalue weighted by Gasteiger charge is 2.35. The Hall–Kier alpha value is -2.48. The third-order valence-corrected chi connectivity index (χ3v) is 5.31. The molecular formula is C24H28F4O4. The van der Waals surface area contributed by atoms with Gasteiger partial charge in [0.25, 0.3) is 0 Å². The number of alkyl halides is 2. The molecule has 8 heteroatoms. The van der Waals surface area contributed by atoms with Crippen molar-refractivity contribution in [3.8, 4) is 17.2 Å². The molecule has 2 unspecified atom stereocenters. The van der Waals surface area contributed by atoms with Crippen LogP contribution in [0.2, 0.25) is 0 Å². The molecule has 176 valence electrons. The highest BCUT2D eigenvalue weighted by Crippen LogP contribution is 2.33. The first kappa shape index (κ1) is 24.2. The SMILES string of the molecule is CCCC1CCC(c2ccc(OCC(F)(F)Oc3ccc(OCC)c(F)c3F)cc2)CO1. The van der Waals surface area contributed by atoms with Crippen molar-refractivity contribution in [1.29, 1.82) is 0 Å². The van der Waals surface area contributed by atoms with Crippen molar-refractivity contribution in [2.45, 2.75) is 57.7 Å². The van der Waals surface area contributed by atoms with Gasteiger partial charge >= 0.3 is 6.11 Å². The minimum absolute atomic E-state index is 0.104. The summed E-state index contributed by atoms with van der Waals surface area (Å²) in [4.78, 5) is 0. The van der Waals surface area contributed by atoms with E-state index in [1.54, 1.807) is 19.1 Å². The van der Waals surface area contributed by atoms with Gasteiger partial charge in [0.15, 0.2) is 18.1 Å². The quantitative estimate of drug-likeness (QED) is 0.384. The Morgan fingerprint density at radius 2 is 1.62 bits per heavy atom. The number of benzene rings is 2. The van der Waals surface area contributed by atoms with E-state index in [0.29, 0.717) is 12.7 Å². The zero-order chi connectivity index (χ0) is 23.1. The predicted molar refractivity (Wildman–Crippen MR) is 112 cm³/mol. The number of hydrogen-bond acceptors (Lipinski definition) is 4. The van der Waals surface area contributed by atoms with Crippen LogP contribution in [0.1, 0.15) is 51.0 Å². The molecule has 32 heavy (non-hydrogen) atoms. The molecule has 3 rings (SSSR count). The molecule has 2 aromatic rings. The highest BCUT2D eigenvalue weighted by molar-refractivity contribution is 5.35. The van der Waals surface area contributed by atoms with Crippen molar-refractivity contribution >= 4 is 0 Å². The second kappa shape index (κ2) is 10.9. The van der Waals surface area contributed by atoms with Crippen molar-refractivity contribution in [3.05, 3.63) is 53.6 Å². The van der Waals surface area contributed by atoms with Gasteiger partial charge in [-0.3, -0.25) is 0 Å². The van der Waals surface area contributed by atoms with Crippen molar-refractivity contribution < 1.29 is 36.5 Å². The minimum atomic E-state index is -3.87. The number of hydrogen-bond donors (Lipinski definition) is 0. The fraction of sp³-hybridized carbons (Fsp3) is 0.500. The van der Waals surface area contributed by atoms with E-state index < -0.39 is 30.1 Å². The summed E-state index contributed by atoms with van der Waals surface area (Å²) in [5, 5.41) is 0. The average Bonchev–Trinajstić information content (AvgIpc) is 2.79. The molecule has 1 fully saturated rings. The van der Waals surface area contributed by atoms with Gasteiger partial charge in [-0.05, 0) is 56.0 Å². The standard InChI is InChI=1S/C24H28F4O4/c1-3-5-18-11-8-17(14-30-18)16-6-9-19(10-7-16)31-15-24(27,28)32-21-13-12-20(29-4-2)22(25)23(21)26/h6-7,9-10,12-13,17-18H,3-5,8,11,14-15H2,1-2H3. The lowest BCUT2D eigenvalue weighted by molar-refractivity contribution is -0.196. The third kappa shape index (κ3) is 6.28. The van der Waals surface area contributed by atoms with E-state index in [0.717, 1.165) is 43.4 Å². The lowest BCUT2D eigenvalue weighted by Crippen LogP contribution is -2.33. The molecule has 0 aliphatic carbocycles. The van der Waals surface area contributed by atoms with Crippen LogP contribution >= 0.6 is 0 Å². The lowest BCUT2D eigenvalue weighted by atomic mass is 9.90. The largest absolute Gasteiger partial charge is 0.491 e. The fourth-order valence-electron chi connectivity index (χ4n) is 3.67. The van der Waals surface area contributed by atoms with Gasteiger partial charge in [0.1, 0.15) is 5.75 Å². The Bertz CT molecular complexity index is 865. The Balaban J connectivity index is 1.54. The normalized spacial score (nSPS) is 18.9. The Morgan fingerprint density at radius 3 is 2.25 bits per heavy atom. The Labute approximate surface area is 185 Å². The molecule has 0 radical (unpaired) electrons. The van der Waals surface area contributed by atoms with Crippen LogP contribution in [0.25, 0.3) is 0 Å². The zero-order valence-electron chi connectivity index (χ0n) is 18.2. The van der Waals surface area contributed by atoms with E-state index in [2.05, 4.69) is 11.7 Å². The fourth-order valence-corrected chi connectivity index (χ4v) is 3.67. The van der Waals surface area contributed by atoms with E-state index in [-0.39, 0.29) is 24.0 Å². The van der Waals surface area contributed by atoms with E-state index in [9.17, 15) is 17.6 Å². The zero-order valence-corrected chi connectivity index (χ0v) is 18.2. The molecule has 4 nitrogen and oxygen atoms in total. The third-order valence-electron chi connectivity index (χ3n) is 5.31. The van der Waals surface area contributed by atoms with Crippen LogP contribution in [0.4, 0.5) is 17.6 Å². The van der Waals surface area contributed by atoms with Gasteiger partial charge in [-0.25, -0.2) is 0 Å². The smallest absolute Gasteiger partial charge is 0.433 e. The molecule has 2 aromatic carbocycles. The van der Waals surface area contributed by atoms with Gasteiger partial charge in [0.05, 0.1) is 19.3 Å². The van der Waals surface area contributed by atoms with Crippen molar-refractivity contribution in [3.63, 3.8) is 0 Å². The highest BCUT2D eigenvalue weighted by atomic mass is 19.3. The van der Waals surface area contributed by atoms with Crippen LogP contribution in [-0.2, 0) is 4.74 Å². The first-order chi connectivity index (χ1) is 15.3. The molecule has 0 spiro atoms. The van der Waals surface area contributed by atoms with Crippen LogP contribution in [0, 0.1) is 11.6 Å². The summed E-state index contributed by atoms with van der Waals surface area (Å²) in [6, 6.07) is 8.77. The summed E-state index contributed by atoms with van der Waals surface area (Å²) in [5.74, 6) is -3.74. The molecule has 0 N–H and O–H groups in total.